The molecule has 1 atom stereocenters. The summed E-state index contributed by atoms with van der Waals surface area (Å²) in [6.45, 7) is 0.750. The molecule has 22 heavy (non-hydrogen) atoms. The Hall–Kier alpha value is -2.11. The zero-order chi connectivity index (χ0) is 15.6. The molecule has 0 radical (unpaired) electrons. The van der Waals surface area contributed by atoms with E-state index in [9.17, 15) is 13.6 Å². The summed E-state index contributed by atoms with van der Waals surface area (Å²) < 4.78 is 26.6. The van der Waals surface area contributed by atoms with Crippen LogP contribution in [0.1, 0.15) is 28.8 Å². The number of rotatable bonds is 3. The molecule has 1 aliphatic rings. The summed E-state index contributed by atoms with van der Waals surface area (Å²) in [6, 6.07) is 12.6. The third-order valence-electron chi connectivity index (χ3n) is 3.99. The molecule has 1 fully saturated rings. The molecule has 0 spiro atoms. The summed E-state index contributed by atoms with van der Waals surface area (Å²) in [5.41, 5.74) is 6.06. The van der Waals surface area contributed by atoms with Gasteiger partial charge >= 0.3 is 0 Å². The van der Waals surface area contributed by atoms with E-state index in [-0.39, 0.29) is 11.3 Å². The van der Waals surface area contributed by atoms with E-state index in [2.05, 4.69) is 10.9 Å². The summed E-state index contributed by atoms with van der Waals surface area (Å²) in [5.74, 6) is -2.25. The van der Waals surface area contributed by atoms with Crippen LogP contribution in [0.2, 0.25) is 0 Å². The Balaban J connectivity index is 2.06. The SMILES string of the molecule is O=C(c1ccc(F)c(F)c1)C1(c2ccccc2)CCCNN1. The van der Waals surface area contributed by atoms with Gasteiger partial charge < -0.3 is 0 Å². The monoisotopic (exact) mass is 302 g/mol. The van der Waals surface area contributed by atoms with E-state index in [4.69, 9.17) is 0 Å². The van der Waals surface area contributed by atoms with Crippen molar-refractivity contribution in [3.63, 3.8) is 0 Å². The molecule has 0 aromatic heterocycles. The Labute approximate surface area is 127 Å². The Morgan fingerprint density at radius 1 is 1.05 bits per heavy atom. The van der Waals surface area contributed by atoms with Gasteiger partial charge in [-0.3, -0.25) is 10.2 Å². The summed E-state index contributed by atoms with van der Waals surface area (Å²) in [4.78, 5) is 13.0. The molecule has 1 aliphatic heterocycles. The molecule has 5 heteroatoms. The number of hydrazine groups is 1. The van der Waals surface area contributed by atoms with E-state index in [0.29, 0.717) is 6.42 Å². The number of carbonyl (C=O) groups is 1. The van der Waals surface area contributed by atoms with Gasteiger partial charge in [-0.05, 0) is 36.6 Å². The average molecular weight is 302 g/mol. The third kappa shape index (κ3) is 2.53. The lowest BCUT2D eigenvalue weighted by atomic mass is 9.78. The zero-order valence-corrected chi connectivity index (χ0v) is 11.9. The highest BCUT2D eigenvalue weighted by molar-refractivity contribution is 6.03. The molecule has 3 rings (SSSR count). The van der Waals surface area contributed by atoms with E-state index in [1.807, 2.05) is 30.3 Å². The predicted molar refractivity (Wildman–Crippen MR) is 79.2 cm³/mol. The van der Waals surface area contributed by atoms with E-state index < -0.39 is 17.2 Å². The Kier molecular flexibility index (Phi) is 4.00. The maximum absolute atomic E-state index is 13.5. The molecule has 0 amide bonds. The van der Waals surface area contributed by atoms with Gasteiger partial charge in [-0.1, -0.05) is 30.3 Å². The predicted octanol–water partition coefficient (Wildman–Crippen LogP) is 2.93. The van der Waals surface area contributed by atoms with Gasteiger partial charge in [-0.25, -0.2) is 14.2 Å². The lowest BCUT2D eigenvalue weighted by molar-refractivity contribution is 0.0777. The summed E-state index contributed by atoms with van der Waals surface area (Å²) in [5, 5.41) is 0. The fourth-order valence-corrected chi connectivity index (χ4v) is 2.84. The molecule has 1 heterocycles. The first-order chi connectivity index (χ1) is 10.6. The smallest absolute Gasteiger partial charge is 0.188 e. The maximum atomic E-state index is 13.5. The second-order valence-electron chi connectivity index (χ2n) is 5.38. The Bertz CT molecular complexity index is 682. The Morgan fingerprint density at radius 2 is 1.82 bits per heavy atom. The standard InChI is InChI=1S/C17H16F2N2O/c18-14-8-7-12(11-15(14)19)16(22)17(9-4-10-20-21-17)13-5-2-1-3-6-13/h1-3,5-8,11,20-21H,4,9-10H2. The van der Waals surface area contributed by atoms with Crippen LogP contribution in [0.5, 0.6) is 0 Å². The van der Waals surface area contributed by atoms with Crippen molar-refractivity contribution in [1.29, 1.82) is 0 Å². The topological polar surface area (TPSA) is 41.1 Å². The van der Waals surface area contributed by atoms with Crippen molar-refractivity contribution in [3.8, 4) is 0 Å². The molecule has 2 aromatic carbocycles. The molecular weight excluding hydrogens is 286 g/mol. The van der Waals surface area contributed by atoms with E-state index >= 15 is 0 Å². The minimum Gasteiger partial charge on any atom is -0.292 e. The first kappa shape index (κ1) is 14.8. The van der Waals surface area contributed by atoms with Gasteiger partial charge in [-0.2, -0.15) is 0 Å². The van der Waals surface area contributed by atoms with Gasteiger partial charge in [0.1, 0.15) is 5.54 Å². The number of nitrogens with one attached hydrogen (secondary N) is 2. The van der Waals surface area contributed by atoms with Crippen LogP contribution in [0.3, 0.4) is 0 Å². The van der Waals surface area contributed by atoms with E-state index in [1.165, 1.54) is 6.07 Å². The van der Waals surface area contributed by atoms with Crippen LogP contribution in [0.25, 0.3) is 0 Å². The van der Waals surface area contributed by atoms with Crippen LogP contribution < -0.4 is 10.9 Å². The summed E-state index contributed by atoms with van der Waals surface area (Å²) >= 11 is 0. The largest absolute Gasteiger partial charge is 0.292 e. The molecular formula is C17H16F2N2O. The second-order valence-corrected chi connectivity index (χ2v) is 5.38. The molecule has 114 valence electrons. The number of Topliss-reactive ketones (excluding diaryl/α,β-unsaturated/α-hetero) is 1. The molecule has 0 aliphatic carbocycles. The summed E-state index contributed by atoms with van der Waals surface area (Å²) in [6.07, 6.45) is 1.39. The van der Waals surface area contributed by atoms with Crippen LogP contribution >= 0.6 is 0 Å². The zero-order valence-electron chi connectivity index (χ0n) is 11.9. The molecule has 3 nitrogen and oxygen atoms in total. The third-order valence-corrected chi connectivity index (χ3v) is 3.99. The molecule has 1 saturated heterocycles. The van der Waals surface area contributed by atoms with Gasteiger partial charge in [0, 0.05) is 12.1 Å². The molecule has 0 bridgehead atoms. The maximum Gasteiger partial charge on any atom is 0.188 e. The van der Waals surface area contributed by atoms with Crippen molar-refractivity contribution in [2.45, 2.75) is 18.4 Å². The lowest BCUT2D eigenvalue weighted by Crippen LogP contribution is -2.58. The van der Waals surface area contributed by atoms with Crippen LogP contribution in [0.15, 0.2) is 48.5 Å². The number of halogens is 2. The second kappa shape index (κ2) is 5.94. The van der Waals surface area contributed by atoms with Gasteiger partial charge in [-0.15, -0.1) is 0 Å². The van der Waals surface area contributed by atoms with Crippen molar-refractivity contribution in [2.75, 3.05) is 6.54 Å². The molecule has 1 unspecified atom stereocenters. The van der Waals surface area contributed by atoms with Crippen molar-refractivity contribution in [2.24, 2.45) is 0 Å². The van der Waals surface area contributed by atoms with Crippen LogP contribution in [-0.4, -0.2) is 12.3 Å². The normalized spacial score (nSPS) is 21.5. The molecule has 2 aromatic rings. The van der Waals surface area contributed by atoms with Gasteiger partial charge in [0.2, 0.25) is 0 Å². The first-order valence-electron chi connectivity index (χ1n) is 7.19. The van der Waals surface area contributed by atoms with Gasteiger partial charge in [0.15, 0.2) is 17.4 Å². The highest BCUT2D eigenvalue weighted by atomic mass is 19.2. The lowest BCUT2D eigenvalue weighted by Gasteiger charge is -2.37. The Morgan fingerprint density at radius 3 is 2.45 bits per heavy atom. The number of hydrogen-bond acceptors (Lipinski definition) is 3. The first-order valence-corrected chi connectivity index (χ1v) is 7.19. The fourth-order valence-electron chi connectivity index (χ4n) is 2.84. The molecule has 2 N–H and O–H groups in total. The quantitative estimate of drug-likeness (QED) is 0.857. The minimum atomic E-state index is -1.02. The van der Waals surface area contributed by atoms with Gasteiger partial charge in [0.25, 0.3) is 0 Å². The van der Waals surface area contributed by atoms with Crippen LogP contribution in [-0.2, 0) is 5.54 Å². The van der Waals surface area contributed by atoms with Crippen molar-refractivity contribution in [3.05, 3.63) is 71.3 Å². The van der Waals surface area contributed by atoms with Gasteiger partial charge in [0.05, 0.1) is 0 Å². The average Bonchev–Trinajstić information content (AvgIpc) is 2.58. The number of benzene rings is 2. The number of hydrogen-bond donors (Lipinski definition) is 2. The van der Waals surface area contributed by atoms with E-state index in [1.54, 1.807) is 0 Å². The molecule has 0 saturated carbocycles. The van der Waals surface area contributed by atoms with Crippen molar-refractivity contribution in [1.82, 2.24) is 10.9 Å². The summed E-state index contributed by atoms with van der Waals surface area (Å²) in [7, 11) is 0. The minimum absolute atomic E-state index is 0.152. The van der Waals surface area contributed by atoms with Crippen molar-refractivity contribution >= 4 is 5.78 Å². The van der Waals surface area contributed by atoms with Crippen LogP contribution in [0, 0.1) is 11.6 Å². The highest BCUT2D eigenvalue weighted by Gasteiger charge is 2.41. The van der Waals surface area contributed by atoms with E-state index in [0.717, 1.165) is 30.7 Å². The van der Waals surface area contributed by atoms with Crippen molar-refractivity contribution < 1.29 is 13.6 Å². The highest BCUT2D eigenvalue weighted by Crippen LogP contribution is 2.32. The fraction of sp³-hybridized carbons (Fsp3) is 0.235. The van der Waals surface area contributed by atoms with Crippen LogP contribution in [0.4, 0.5) is 8.78 Å². The number of ketones is 1. The number of carbonyl (C=O) groups excluding carboxylic acids is 1.